The smallest absolute Gasteiger partial charge is 0.388 e. The monoisotopic (exact) mass is 217 g/mol. The molecule has 0 aliphatic rings. The van der Waals surface area contributed by atoms with Crippen LogP contribution in [0.4, 0.5) is 18.9 Å². The summed E-state index contributed by atoms with van der Waals surface area (Å²) in [6.45, 7) is 3.51. The molecule has 4 heteroatoms. The molecule has 0 radical (unpaired) electrons. The minimum absolute atomic E-state index is 0.132. The standard InChI is InChI=1S/C11H14F3N/c1-7(2)9-5-4-8(15-3)6-10(9)11(12,13)14/h4-7,15H,1-3H3. The van der Waals surface area contributed by atoms with Crippen LogP contribution in [0.1, 0.15) is 30.9 Å². The molecule has 0 amide bonds. The largest absolute Gasteiger partial charge is 0.416 e. The lowest BCUT2D eigenvalue weighted by molar-refractivity contribution is -0.138. The van der Waals surface area contributed by atoms with Crippen molar-refractivity contribution in [3.63, 3.8) is 0 Å². The molecule has 1 rings (SSSR count). The van der Waals surface area contributed by atoms with Gasteiger partial charge < -0.3 is 5.32 Å². The average molecular weight is 217 g/mol. The first-order valence-electron chi connectivity index (χ1n) is 4.75. The summed E-state index contributed by atoms with van der Waals surface area (Å²) >= 11 is 0. The summed E-state index contributed by atoms with van der Waals surface area (Å²) in [6.07, 6.45) is -4.29. The van der Waals surface area contributed by atoms with Crippen LogP contribution < -0.4 is 5.32 Å². The molecule has 0 unspecified atom stereocenters. The predicted octanol–water partition coefficient (Wildman–Crippen LogP) is 3.87. The summed E-state index contributed by atoms with van der Waals surface area (Å²) < 4.78 is 38.1. The van der Waals surface area contributed by atoms with E-state index >= 15 is 0 Å². The van der Waals surface area contributed by atoms with E-state index in [9.17, 15) is 13.2 Å². The van der Waals surface area contributed by atoms with Crippen molar-refractivity contribution in [3.05, 3.63) is 29.3 Å². The van der Waals surface area contributed by atoms with Gasteiger partial charge in [0.25, 0.3) is 0 Å². The second kappa shape index (κ2) is 4.13. The maximum Gasteiger partial charge on any atom is 0.416 e. The van der Waals surface area contributed by atoms with Gasteiger partial charge in [0.15, 0.2) is 0 Å². The molecule has 0 bridgehead atoms. The lowest BCUT2D eigenvalue weighted by Gasteiger charge is -2.16. The van der Waals surface area contributed by atoms with Crippen LogP contribution in [0.15, 0.2) is 18.2 Å². The number of hydrogen-bond acceptors (Lipinski definition) is 1. The Balaban J connectivity index is 3.29. The number of nitrogens with one attached hydrogen (secondary N) is 1. The highest BCUT2D eigenvalue weighted by atomic mass is 19.4. The summed E-state index contributed by atoms with van der Waals surface area (Å²) in [4.78, 5) is 0. The molecule has 1 aromatic carbocycles. The highest BCUT2D eigenvalue weighted by Gasteiger charge is 2.34. The molecule has 15 heavy (non-hydrogen) atoms. The van der Waals surface area contributed by atoms with Crippen molar-refractivity contribution >= 4 is 5.69 Å². The Bertz CT molecular complexity index is 342. The second-order valence-electron chi connectivity index (χ2n) is 3.70. The molecule has 1 nitrogen and oxygen atoms in total. The Kier molecular flexibility index (Phi) is 3.27. The third-order valence-corrected chi connectivity index (χ3v) is 2.27. The molecule has 0 spiro atoms. The third kappa shape index (κ3) is 2.64. The van der Waals surface area contributed by atoms with E-state index in [0.717, 1.165) is 6.07 Å². The van der Waals surface area contributed by atoms with Crippen LogP contribution in [0.2, 0.25) is 0 Å². The normalized spacial score (nSPS) is 11.9. The minimum Gasteiger partial charge on any atom is -0.388 e. The number of benzene rings is 1. The van der Waals surface area contributed by atoms with Gasteiger partial charge in [0.1, 0.15) is 0 Å². The fourth-order valence-corrected chi connectivity index (χ4v) is 1.46. The first-order valence-corrected chi connectivity index (χ1v) is 4.75. The maximum atomic E-state index is 12.7. The third-order valence-electron chi connectivity index (χ3n) is 2.27. The molecule has 0 aliphatic heterocycles. The van der Waals surface area contributed by atoms with Gasteiger partial charge in [-0.3, -0.25) is 0 Å². The van der Waals surface area contributed by atoms with Crippen LogP contribution in [0, 0.1) is 0 Å². The van der Waals surface area contributed by atoms with E-state index < -0.39 is 11.7 Å². The SMILES string of the molecule is CNc1ccc(C(C)C)c(C(F)(F)F)c1. The first-order chi connectivity index (χ1) is 6.86. The second-order valence-corrected chi connectivity index (χ2v) is 3.70. The van der Waals surface area contributed by atoms with Gasteiger partial charge in [-0.1, -0.05) is 19.9 Å². The van der Waals surface area contributed by atoms with Crippen LogP contribution >= 0.6 is 0 Å². The molecule has 0 aliphatic carbocycles. The minimum atomic E-state index is -4.29. The van der Waals surface area contributed by atoms with E-state index in [-0.39, 0.29) is 5.92 Å². The van der Waals surface area contributed by atoms with Crippen LogP contribution in [0.25, 0.3) is 0 Å². The van der Waals surface area contributed by atoms with Gasteiger partial charge in [0.2, 0.25) is 0 Å². The van der Waals surface area contributed by atoms with Gasteiger partial charge in [-0.05, 0) is 23.6 Å². The summed E-state index contributed by atoms with van der Waals surface area (Å²) in [5.41, 5.74) is 0.262. The van der Waals surface area contributed by atoms with Gasteiger partial charge in [-0.15, -0.1) is 0 Å². The van der Waals surface area contributed by atoms with E-state index in [4.69, 9.17) is 0 Å². The molecule has 0 aromatic heterocycles. The lowest BCUT2D eigenvalue weighted by atomic mass is 9.96. The fraction of sp³-hybridized carbons (Fsp3) is 0.455. The van der Waals surface area contributed by atoms with Gasteiger partial charge >= 0.3 is 6.18 Å². The van der Waals surface area contributed by atoms with Crippen molar-refractivity contribution in [2.24, 2.45) is 0 Å². The van der Waals surface area contributed by atoms with E-state index in [1.165, 1.54) is 6.07 Å². The summed E-state index contributed by atoms with van der Waals surface area (Å²) in [6, 6.07) is 4.33. The number of hydrogen-bond donors (Lipinski definition) is 1. The Morgan fingerprint density at radius 3 is 2.20 bits per heavy atom. The summed E-state index contributed by atoms with van der Waals surface area (Å²) in [7, 11) is 1.60. The molecule has 0 heterocycles. The fourth-order valence-electron chi connectivity index (χ4n) is 1.46. The van der Waals surface area contributed by atoms with E-state index in [1.807, 2.05) is 0 Å². The van der Waals surface area contributed by atoms with Crippen molar-refractivity contribution in [2.75, 3.05) is 12.4 Å². The van der Waals surface area contributed by atoms with Gasteiger partial charge in [-0.2, -0.15) is 13.2 Å². The molecule has 0 fully saturated rings. The van der Waals surface area contributed by atoms with Crippen LogP contribution in [0.5, 0.6) is 0 Å². The van der Waals surface area contributed by atoms with Crippen molar-refractivity contribution in [2.45, 2.75) is 25.9 Å². The van der Waals surface area contributed by atoms with E-state index in [1.54, 1.807) is 27.0 Å². The van der Waals surface area contributed by atoms with Crippen molar-refractivity contribution in [3.8, 4) is 0 Å². The zero-order valence-corrected chi connectivity index (χ0v) is 8.94. The Morgan fingerprint density at radius 1 is 1.20 bits per heavy atom. The van der Waals surface area contributed by atoms with Crippen LogP contribution in [0.3, 0.4) is 0 Å². The lowest BCUT2D eigenvalue weighted by Crippen LogP contribution is -2.10. The molecule has 1 N–H and O–H groups in total. The van der Waals surface area contributed by atoms with E-state index in [2.05, 4.69) is 5.32 Å². The summed E-state index contributed by atoms with van der Waals surface area (Å²) in [5, 5.41) is 2.71. The quantitative estimate of drug-likeness (QED) is 0.792. The Morgan fingerprint density at radius 2 is 1.80 bits per heavy atom. The first kappa shape index (κ1) is 11.9. The Hall–Kier alpha value is -1.19. The molecule has 0 saturated carbocycles. The van der Waals surface area contributed by atoms with Crippen LogP contribution in [-0.2, 0) is 6.18 Å². The number of rotatable bonds is 2. The number of halogens is 3. The molecular formula is C11H14F3N. The predicted molar refractivity (Wildman–Crippen MR) is 55.1 cm³/mol. The van der Waals surface area contributed by atoms with Gasteiger partial charge in [-0.25, -0.2) is 0 Å². The molecular weight excluding hydrogens is 203 g/mol. The highest BCUT2D eigenvalue weighted by Crippen LogP contribution is 2.36. The van der Waals surface area contributed by atoms with E-state index in [0.29, 0.717) is 11.3 Å². The van der Waals surface area contributed by atoms with Crippen molar-refractivity contribution < 1.29 is 13.2 Å². The zero-order valence-electron chi connectivity index (χ0n) is 8.94. The highest BCUT2D eigenvalue weighted by molar-refractivity contribution is 5.50. The zero-order chi connectivity index (χ0) is 11.6. The topological polar surface area (TPSA) is 12.0 Å². The molecule has 0 atom stereocenters. The number of anilines is 1. The van der Waals surface area contributed by atoms with Crippen molar-refractivity contribution in [1.29, 1.82) is 0 Å². The summed E-state index contributed by atoms with van der Waals surface area (Å²) in [5.74, 6) is -0.132. The van der Waals surface area contributed by atoms with Crippen molar-refractivity contribution in [1.82, 2.24) is 0 Å². The number of alkyl halides is 3. The van der Waals surface area contributed by atoms with Crippen LogP contribution in [-0.4, -0.2) is 7.05 Å². The maximum absolute atomic E-state index is 12.7. The van der Waals surface area contributed by atoms with Gasteiger partial charge in [0.05, 0.1) is 5.56 Å². The molecule has 0 saturated heterocycles. The van der Waals surface area contributed by atoms with Gasteiger partial charge in [0, 0.05) is 12.7 Å². The molecule has 1 aromatic rings. The Labute approximate surface area is 87.3 Å². The molecule has 84 valence electrons. The average Bonchev–Trinajstić information content (AvgIpc) is 2.15.